The highest BCUT2D eigenvalue weighted by Crippen LogP contribution is 2.42. The van der Waals surface area contributed by atoms with Crippen molar-refractivity contribution in [2.24, 2.45) is 7.05 Å². The van der Waals surface area contributed by atoms with Gasteiger partial charge in [-0.05, 0) is 53.0 Å². The minimum Gasteiger partial charge on any atom is -0.225 e. The van der Waals surface area contributed by atoms with Crippen molar-refractivity contribution in [1.29, 1.82) is 0 Å². The lowest BCUT2D eigenvalue weighted by atomic mass is 9.76. The largest absolute Gasteiger partial charge is 0.295 e. The van der Waals surface area contributed by atoms with Crippen molar-refractivity contribution in [3.63, 3.8) is 0 Å². The van der Waals surface area contributed by atoms with Crippen LogP contribution >= 0.6 is 0 Å². The molecule has 0 aliphatic heterocycles. The Hall–Kier alpha value is -2.87. The van der Waals surface area contributed by atoms with E-state index in [2.05, 4.69) is 125 Å². The zero-order chi connectivity index (χ0) is 25.9. The van der Waals surface area contributed by atoms with Gasteiger partial charge in [0.05, 0.1) is 12.6 Å². The highest BCUT2D eigenvalue weighted by atomic mass is 15.2. The molecule has 1 heterocycles. The Balaban J connectivity index is 2.30. The minimum absolute atomic E-state index is 0.108. The maximum atomic E-state index is 8.88. The maximum Gasteiger partial charge on any atom is 0.295 e. The molecule has 0 amide bonds. The van der Waals surface area contributed by atoms with Crippen LogP contribution in [0.25, 0.3) is 28.1 Å². The van der Waals surface area contributed by atoms with E-state index in [-0.39, 0.29) is 10.8 Å². The predicted molar refractivity (Wildman–Crippen MR) is 146 cm³/mol. The molecule has 4 rings (SSSR count). The number of nitrogens with zero attached hydrogens (tertiary/aromatic N) is 2. The van der Waals surface area contributed by atoms with E-state index in [1.54, 1.807) is 0 Å². The van der Waals surface area contributed by atoms with Crippen molar-refractivity contribution in [3.8, 4) is 17.1 Å². The number of para-hydroxylation sites is 2. The normalized spacial score (nSPS) is 13.4. The summed E-state index contributed by atoms with van der Waals surface area (Å²) in [5, 5.41) is 0. The van der Waals surface area contributed by atoms with Crippen LogP contribution in [-0.4, -0.2) is 4.57 Å². The van der Waals surface area contributed by atoms with Gasteiger partial charge in [0.1, 0.15) is 5.69 Å². The Labute approximate surface area is 207 Å². The molecule has 0 saturated heterocycles. The van der Waals surface area contributed by atoms with Crippen LogP contribution in [0.3, 0.4) is 0 Å². The third kappa shape index (κ3) is 4.08. The van der Waals surface area contributed by atoms with Gasteiger partial charge in [0.15, 0.2) is 11.0 Å². The molecule has 2 heteroatoms. The van der Waals surface area contributed by atoms with Crippen LogP contribution in [0.2, 0.25) is 0 Å². The molecule has 178 valence electrons. The first-order chi connectivity index (χ1) is 16.1. The molecule has 0 atom stereocenters. The van der Waals surface area contributed by atoms with E-state index >= 15 is 0 Å². The molecule has 0 radical (unpaired) electrons. The summed E-state index contributed by atoms with van der Waals surface area (Å²) in [6.07, 6.45) is 0. The zero-order valence-electron chi connectivity index (χ0n) is 23.7. The molecule has 3 aromatic carbocycles. The zero-order valence-corrected chi connectivity index (χ0v) is 22.7. The molecule has 0 N–H and O–H groups in total. The van der Waals surface area contributed by atoms with Crippen molar-refractivity contribution >= 4 is 11.0 Å². The van der Waals surface area contributed by atoms with Crippen LogP contribution < -0.4 is 4.57 Å². The number of aromatic nitrogens is 2. The summed E-state index contributed by atoms with van der Waals surface area (Å²) >= 11 is 0. The van der Waals surface area contributed by atoms with Gasteiger partial charge in [-0.2, -0.15) is 4.57 Å². The molecule has 1 aromatic heterocycles. The van der Waals surface area contributed by atoms with E-state index in [1.165, 1.54) is 44.8 Å². The fraction of sp³-hybridized carbons (Fsp3) is 0.406. The van der Waals surface area contributed by atoms with Crippen LogP contribution in [0.15, 0.2) is 60.7 Å². The van der Waals surface area contributed by atoms with Gasteiger partial charge in [-0.1, -0.05) is 97.9 Å². The lowest BCUT2D eigenvalue weighted by molar-refractivity contribution is -0.633. The molecule has 0 saturated carbocycles. The van der Waals surface area contributed by atoms with Gasteiger partial charge < -0.3 is 0 Å². The highest BCUT2D eigenvalue weighted by Gasteiger charge is 2.35. The van der Waals surface area contributed by atoms with Gasteiger partial charge in [0, 0.05) is 12.5 Å². The third-order valence-electron chi connectivity index (χ3n) is 6.93. The van der Waals surface area contributed by atoms with Gasteiger partial charge >= 0.3 is 0 Å². The summed E-state index contributed by atoms with van der Waals surface area (Å²) in [6.45, 7) is 19.9. The molecular weight excluding hydrogens is 412 g/mol. The molecule has 0 unspecified atom stereocenters. The highest BCUT2D eigenvalue weighted by molar-refractivity contribution is 5.81. The van der Waals surface area contributed by atoms with E-state index in [9.17, 15) is 0 Å². The van der Waals surface area contributed by atoms with Crippen LogP contribution in [-0.2, 0) is 17.9 Å². The van der Waals surface area contributed by atoms with Crippen molar-refractivity contribution in [2.45, 2.75) is 79.0 Å². The Morgan fingerprint density at radius 1 is 0.824 bits per heavy atom. The first kappa shape index (κ1) is 22.9. The Kier molecular flexibility index (Phi) is 5.67. The lowest BCUT2D eigenvalue weighted by Gasteiger charge is -2.30. The van der Waals surface area contributed by atoms with Gasteiger partial charge in [0.2, 0.25) is 0 Å². The molecule has 2 nitrogen and oxygen atoms in total. The summed E-state index contributed by atoms with van der Waals surface area (Å²) in [5.41, 5.74) is 9.53. The monoisotopic (exact) mass is 454 g/mol. The number of aryl methyl sites for hydroxylation is 2. The molecule has 0 fully saturated rings. The Morgan fingerprint density at radius 3 is 1.88 bits per heavy atom. The number of fused-ring (bicyclic) bond motifs is 1. The van der Waals surface area contributed by atoms with Crippen LogP contribution in [0.1, 0.15) is 84.9 Å². The van der Waals surface area contributed by atoms with Crippen molar-refractivity contribution in [3.05, 3.63) is 82.9 Å². The standard InChI is InChI=1S/C32H41N2/c1-21(2)23-19-25(31(4,5)6)29(26(20-23)32(7,8)9)34-28-18-14-13-17-27(28)33(10)30(34)24-16-12-11-15-22(24)3/h11-21H,1-10H3/q+1/i21D. The quantitative estimate of drug-likeness (QED) is 0.276. The van der Waals surface area contributed by atoms with E-state index in [0.717, 1.165) is 5.56 Å². The van der Waals surface area contributed by atoms with Crippen LogP contribution in [0.4, 0.5) is 0 Å². The number of benzene rings is 3. The second-order valence-corrected chi connectivity index (χ2v) is 11.9. The van der Waals surface area contributed by atoms with Gasteiger partial charge in [0.25, 0.3) is 5.82 Å². The summed E-state index contributed by atoms with van der Waals surface area (Å²) in [4.78, 5) is 0. The number of hydrogen-bond acceptors (Lipinski definition) is 0. The first-order valence-corrected chi connectivity index (χ1v) is 12.4. The first-order valence-electron chi connectivity index (χ1n) is 12.9. The molecule has 0 bridgehead atoms. The summed E-state index contributed by atoms with van der Waals surface area (Å²) in [7, 11) is 2.18. The lowest BCUT2D eigenvalue weighted by Crippen LogP contribution is -2.31. The van der Waals surface area contributed by atoms with E-state index in [0.29, 0.717) is 0 Å². The van der Waals surface area contributed by atoms with Gasteiger partial charge in [-0.15, -0.1) is 0 Å². The molecular formula is C32H41N2+. The molecule has 4 aromatic rings. The maximum absolute atomic E-state index is 8.88. The average Bonchev–Trinajstić information content (AvgIpc) is 3.03. The third-order valence-corrected chi connectivity index (χ3v) is 6.93. The SMILES string of the molecule is [2H]C(C)(C)c1cc(C(C)(C)C)c(-n2c(-c3ccccc3C)[n+](C)c3ccccc32)c(C(C)(C)C)c1. The smallest absolute Gasteiger partial charge is 0.225 e. The summed E-state index contributed by atoms with van der Waals surface area (Å²) in [5.74, 6) is 0.499. The minimum atomic E-state index is -0.680. The number of rotatable bonds is 3. The number of imidazole rings is 1. The van der Waals surface area contributed by atoms with E-state index in [4.69, 9.17) is 1.37 Å². The fourth-order valence-corrected chi connectivity index (χ4v) is 4.97. The van der Waals surface area contributed by atoms with Crippen molar-refractivity contribution in [2.75, 3.05) is 0 Å². The summed E-state index contributed by atoms with van der Waals surface area (Å²) < 4.78 is 13.7. The second kappa shape index (κ2) is 8.41. The van der Waals surface area contributed by atoms with Crippen LogP contribution in [0.5, 0.6) is 0 Å². The average molecular weight is 455 g/mol. The summed E-state index contributed by atoms with van der Waals surface area (Å²) in [6, 6.07) is 21.9. The van der Waals surface area contributed by atoms with Crippen molar-refractivity contribution < 1.29 is 5.94 Å². The second-order valence-electron chi connectivity index (χ2n) is 11.9. The van der Waals surface area contributed by atoms with Crippen molar-refractivity contribution in [1.82, 2.24) is 4.57 Å². The van der Waals surface area contributed by atoms with Crippen LogP contribution in [0, 0.1) is 6.92 Å². The Morgan fingerprint density at radius 2 is 1.35 bits per heavy atom. The molecule has 0 aliphatic rings. The molecule has 0 aliphatic carbocycles. The van der Waals surface area contributed by atoms with Gasteiger partial charge in [-0.25, -0.2) is 4.57 Å². The Bertz CT molecular complexity index is 1370. The van der Waals surface area contributed by atoms with Gasteiger partial charge in [-0.3, -0.25) is 0 Å². The van der Waals surface area contributed by atoms with E-state index in [1.807, 2.05) is 13.8 Å². The fourth-order valence-electron chi connectivity index (χ4n) is 4.97. The predicted octanol–water partition coefficient (Wildman–Crippen LogP) is 8.15. The van der Waals surface area contributed by atoms with E-state index < -0.39 is 5.89 Å². The molecule has 0 spiro atoms. The number of hydrogen-bond donors (Lipinski definition) is 0. The topological polar surface area (TPSA) is 8.81 Å². The molecule has 34 heavy (non-hydrogen) atoms.